The number of allylic oxidation sites excluding steroid dienone is 1. The van der Waals surface area contributed by atoms with E-state index in [1.165, 1.54) is 0 Å². The Morgan fingerprint density at radius 1 is 1.58 bits per heavy atom. The standard InChI is InChI=1S/C10H12N2/c1-7(2)10(11)9-4-5-12-8(3)6-9/h4-6,11H,1H2,2-3H3. The predicted molar refractivity (Wildman–Crippen MR) is 50.6 cm³/mol. The van der Waals surface area contributed by atoms with Crippen LogP contribution in [-0.4, -0.2) is 10.7 Å². The molecule has 1 aromatic rings. The lowest BCUT2D eigenvalue weighted by Gasteiger charge is -2.02. The lowest BCUT2D eigenvalue weighted by Crippen LogP contribution is -2.00. The van der Waals surface area contributed by atoms with Crippen molar-refractivity contribution < 1.29 is 0 Å². The van der Waals surface area contributed by atoms with Crippen molar-refractivity contribution in [2.24, 2.45) is 0 Å². The van der Waals surface area contributed by atoms with Crippen LogP contribution in [0.4, 0.5) is 0 Å². The summed E-state index contributed by atoms with van der Waals surface area (Å²) >= 11 is 0. The van der Waals surface area contributed by atoms with E-state index in [1.807, 2.05) is 26.0 Å². The van der Waals surface area contributed by atoms with Crippen LogP contribution in [0, 0.1) is 12.3 Å². The Morgan fingerprint density at radius 2 is 2.25 bits per heavy atom. The second kappa shape index (κ2) is 3.30. The zero-order chi connectivity index (χ0) is 9.14. The zero-order valence-corrected chi connectivity index (χ0v) is 7.39. The van der Waals surface area contributed by atoms with Crippen molar-refractivity contribution in [3.05, 3.63) is 41.7 Å². The number of pyridine rings is 1. The van der Waals surface area contributed by atoms with Crippen LogP contribution in [0.15, 0.2) is 30.5 Å². The summed E-state index contributed by atoms with van der Waals surface area (Å²) in [4.78, 5) is 4.06. The molecule has 0 aromatic carbocycles. The van der Waals surface area contributed by atoms with Gasteiger partial charge in [-0.25, -0.2) is 0 Å². The second-order valence-electron chi connectivity index (χ2n) is 2.84. The number of aryl methyl sites for hydroxylation is 1. The fourth-order valence-electron chi connectivity index (χ4n) is 0.947. The van der Waals surface area contributed by atoms with Crippen molar-refractivity contribution in [2.45, 2.75) is 13.8 Å². The third kappa shape index (κ3) is 1.78. The Bertz CT molecular complexity index is 326. The van der Waals surface area contributed by atoms with Crippen molar-refractivity contribution in [1.82, 2.24) is 4.98 Å². The fourth-order valence-corrected chi connectivity index (χ4v) is 0.947. The van der Waals surface area contributed by atoms with E-state index in [2.05, 4.69) is 11.6 Å². The summed E-state index contributed by atoms with van der Waals surface area (Å²) < 4.78 is 0. The van der Waals surface area contributed by atoms with Gasteiger partial charge in [0.15, 0.2) is 0 Å². The number of aromatic nitrogens is 1. The van der Waals surface area contributed by atoms with Crippen LogP contribution in [0.3, 0.4) is 0 Å². The van der Waals surface area contributed by atoms with Gasteiger partial charge >= 0.3 is 0 Å². The van der Waals surface area contributed by atoms with E-state index in [0.717, 1.165) is 16.8 Å². The van der Waals surface area contributed by atoms with Crippen LogP contribution in [0.5, 0.6) is 0 Å². The van der Waals surface area contributed by atoms with Crippen LogP contribution in [0.2, 0.25) is 0 Å². The number of hydrogen-bond acceptors (Lipinski definition) is 2. The van der Waals surface area contributed by atoms with E-state index in [1.54, 1.807) is 6.20 Å². The Kier molecular flexibility index (Phi) is 2.38. The van der Waals surface area contributed by atoms with Crippen molar-refractivity contribution in [2.75, 3.05) is 0 Å². The molecule has 12 heavy (non-hydrogen) atoms. The molecule has 0 amide bonds. The van der Waals surface area contributed by atoms with Crippen molar-refractivity contribution in [1.29, 1.82) is 5.41 Å². The molecule has 1 heterocycles. The summed E-state index contributed by atoms with van der Waals surface area (Å²) in [6.45, 7) is 7.46. The van der Waals surface area contributed by atoms with E-state index in [0.29, 0.717) is 5.71 Å². The van der Waals surface area contributed by atoms with Gasteiger partial charge < -0.3 is 5.41 Å². The minimum atomic E-state index is 0.487. The predicted octanol–water partition coefficient (Wildman–Crippen LogP) is 2.33. The Labute approximate surface area is 72.5 Å². The van der Waals surface area contributed by atoms with Gasteiger partial charge in [0.2, 0.25) is 0 Å². The Hall–Kier alpha value is -1.44. The Balaban J connectivity index is 3.04. The van der Waals surface area contributed by atoms with Crippen molar-refractivity contribution >= 4 is 5.71 Å². The first-order valence-electron chi connectivity index (χ1n) is 3.78. The van der Waals surface area contributed by atoms with E-state index >= 15 is 0 Å². The van der Waals surface area contributed by atoms with Gasteiger partial charge in [-0.2, -0.15) is 0 Å². The number of hydrogen-bond donors (Lipinski definition) is 1. The third-order valence-electron chi connectivity index (χ3n) is 1.61. The molecule has 0 unspecified atom stereocenters. The topological polar surface area (TPSA) is 36.7 Å². The van der Waals surface area contributed by atoms with Gasteiger partial charge in [0.25, 0.3) is 0 Å². The van der Waals surface area contributed by atoms with Crippen molar-refractivity contribution in [3.63, 3.8) is 0 Å². The molecule has 1 aromatic heterocycles. The van der Waals surface area contributed by atoms with E-state index in [4.69, 9.17) is 5.41 Å². The quantitative estimate of drug-likeness (QED) is 0.662. The summed E-state index contributed by atoms with van der Waals surface area (Å²) in [6.07, 6.45) is 1.71. The molecule has 0 aliphatic heterocycles. The molecule has 0 fully saturated rings. The van der Waals surface area contributed by atoms with Gasteiger partial charge in [0, 0.05) is 17.5 Å². The van der Waals surface area contributed by atoms with Gasteiger partial charge in [-0.05, 0) is 31.6 Å². The molecule has 2 heteroatoms. The minimum Gasteiger partial charge on any atom is -0.300 e. The molecule has 62 valence electrons. The van der Waals surface area contributed by atoms with Crippen LogP contribution < -0.4 is 0 Å². The van der Waals surface area contributed by atoms with Gasteiger partial charge in [-0.1, -0.05) is 6.58 Å². The molecule has 0 spiro atoms. The average Bonchev–Trinajstić information content (AvgIpc) is 2.03. The smallest absolute Gasteiger partial charge is 0.0636 e. The van der Waals surface area contributed by atoms with E-state index in [-0.39, 0.29) is 0 Å². The number of nitrogens with zero attached hydrogens (tertiary/aromatic N) is 1. The second-order valence-corrected chi connectivity index (χ2v) is 2.84. The molecular weight excluding hydrogens is 148 g/mol. The van der Waals surface area contributed by atoms with Crippen LogP contribution in [0.25, 0.3) is 0 Å². The lowest BCUT2D eigenvalue weighted by atomic mass is 10.1. The summed E-state index contributed by atoms with van der Waals surface area (Å²) in [5.41, 5.74) is 3.08. The molecule has 2 nitrogen and oxygen atoms in total. The summed E-state index contributed by atoms with van der Waals surface area (Å²) in [7, 11) is 0. The van der Waals surface area contributed by atoms with E-state index in [9.17, 15) is 0 Å². The molecule has 0 radical (unpaired) electrons. The third-order valence-corrected chi connectivity index (χ3v) is 1.61. The minimum absolute atomic E-state index is 0.487. The van der Waals surface area contributed by atoms with Gasteiger partial charge in [-0.15, -0.1) is 0 Å². The van der Waals surface area contributed by atoms with Crippen LogP contribution in [0.1, 0.15) is 18.2 Å². The van der Waals surface area contributed by atoms with Gasteiger partial charge in [0.05, 0.1) is 5.71 Å². The molecular formula is C10H12N2. The molecule has 0 saturated carbocycles. The summed E-state index contributed by atoms with van der Waals surface area (Å²) in [6, 6.07) is 3.71. The maximum atomic E-state index is 7.65. The maximum Gasteiger partial charge on any atom is 0.0636 e. The van der Waals surface area contributed by atoms with Crippen LogP contribution >= 0.6 is 0 Å². The summed E-state index contributed by atoms with van der Waals surface area (Å²) in [5, 5.41) is 7.65. The first-order valence-corrected chi connectivity index (χ1v) is 3.78. The number of rotatable bonds is 2. The van der Waals surface area contributed by atoms with E-state index < -0.39 is 0 Å². The zero-order valence-electron chi connectivity index (χ0n) is 7.39. The molecule has 1 N–H and O–H groups in total. The van der Waals surface area contributed by atoms with Crippen molar-refractivity contribution in [3.8, 4) is 0 Å². The fraction of sp³-hybridized carbons (Fsp3) is 0.200. The first-order chi connectivity index (χ1) is 5.61. The SMILES string of the molecule is C=C(C)C(=N)c1ccnc(C)c1. The molecule has 0 atom stereocenters. The first kappa shape index (κ1) is 8.65. The monoisotopic (exact) mass is 160 g/mol. The molecule has 1 rings (SSSR count). The molecule has 0 saturated heterocycles. The highest BCUT2D eigenvalue weighted by Gasteiger charge is 2.00. The Morgan fingerprint density at radius 3 is 2.75 bits per heavy atom. The highest BCUT2D eigenvalue weighted by atomic mass is 14.6. The highest BCUT2D eigenvalue weighted by Crippen LogP contribution is 2.06. The maximum absolute atomic E-state index is 7.65. The highest BCUT2D eigenvalue weighted by molar-refractivity contribution is 6.09. The molecule has 0 aliphatic carbocycles. The van der Waals surface area contributed by atoms with Gasteiger partial charge in [-0.3, -0.25) is 4.98 Å². The number of nitrogens with one attached hydrogen (secondary N) is 1. The summed E-state index contributed by atoms with van der Waals surface area (Å²) in [5.74, 6) is 0. The molecule has 0 aliphatic rings. The lowest BCUT2D eigenvalue weighted by molar-refractivity contribution is 1.19. The largest absolute Gasteiger partial charge is 0.300 e. The average molecular weight is 160 g/mol. The normalized spacial score (nSPS) is 9.50. The molecule has 0 bridgehead atoms. The van der Waals surface area contributed by atoms with Gasteiger partial charge in [0.1, 0.15) is 0 Å². The van der Waals surface area contributed by atoms with Crippen LogP contribution in [-0.2, 0) is 0 Å².